The van der Waals surface area contributed by atoms with E-state index in [9.17, 15) is 4.79 Å². The molecule has 2 N–H and O–H groups in total. The summed E-state index contributed by atoms with van der Waals surface area (Å²) in [4.78, 5) is 14.9. The summed E-state index contributed by atoms with van der Waals surface area (Å²) in [5.41, 5.74) is 9.47. The normalized spacial score (nSPS) is 19.0. The molecular formula is C20H25N3O3. The smallest absolute Gasteiger partial charge is 0.255 e. The van der Waals surface area contributed by atoms with Crippen molar-refractivity contribution in [2.45, 2.75) is 20.3 Å². The highest BCUT2D eigenvalue weighted by atomic mass is 16.6. The van der Waals surface area contributed by atoms with Gasteiger partial charge in [0, 0.05) is 36.2 Å². The number of ether oxygens (including phenoxy) is 2. The summed E-state index contributed by atoms with van der Waals surface area (Å²) in [5.74, 6) is 2.03. The second-order valence-corrected chi connectivity index (χ2v) is 7.09. The van der Waals surface area contributed by atoms with Gasteiger partial charge in [0.15, 0.2) is 11.5 Å². The molecule has 1 aromatic heterocycles. The number of nitrogens with two attached hydrogens (primary N) is 1. The SMILES string of the molecule is Cc1cc(C(=O)N2CC[C@H](CN)C2)c(C)n1-c1ccc2c(c1)OCCO2. The zero-order valence-corrected chi connectivity index (χ0v) is 15.3. The molecule has 0 unspecified atom stereocenters. The molecule has 0 aliphatic carbocycles. The van der Waals surface area contributed by atoms with Gasteiger partial charge in [0.05, 0.1) is 5.56 Å². The summed E-state index contributed by atoms with van der Waals surface area (Å²) >= 11 is 0. The van der Waals surface area contributed by atoms with Gasteiger partial charge in [0.1, 0.15) is 13.2 Å². The molecule has 1 atom stereocenters. The predicted octanol–water partition coefficient (Wildman–Crippen LogP) is 2.29. The van der Waals surface area contributed by atoms with E-state index in [-0.39, 0.29) is 5.91 Å². The number of rotatable bonds is 3. The Morgan fingerprint density at radius 1 is 1.19 bits per heavy atom. The van der Waals surface area contributed by atoms with Gasteiger partial charge in [-0.3, -0.25) is 4.79 Å². The summed E-state index contributed by atoms with van der Waals surface area (Å²) in [7, 11) is 0. The van der Waals surface area contributed by atoms with Gasteiger partial charge in [-0.1, -0.05) is 0 Å². The van der Waals surface area contributed by atoms with Crippen molar-refractivity contribution >= 4 is 5.91 Å². The van der Waals surface area contributed by atoms with Gasteiger partial charge in [0.25, 0.3) is 5.91 Å². The topological polar surface area (TPSA) is 69.7 Å². The zero-order chi connectivity index (χ0) is 18.3. The van der Waals surface area contributed by atoms with Crippen LogP contribution in [0.4, 0.5) is 0 Å². The van der Waals surface area contributed by atoms with E-state index < -0.39 is 0 Å². The van der Waals surface area contributed by atoms with Crippen LogP contribution in [-0.4, -0.2) is 48.2 Å². The molecule has 1 saturated heterocycles. The Bertz CT molecular complexity index is 843. The second kappa shape index (κ2) is 6.68. The summed E-state index contributed by atoms with van der Waals surface area (Å²) in [6, 6.07) is 7.88. The number of likely N-dealkylation sites (tertiary alicyclic amines) is 1. The van der Waals surface area contributed by atoms with E-state index in [1.807, 2.05) is 43.0 Å². The fourth-order valence-corrected chi connectivity index (χ4v) is 3.93. The lowest BCUT2D eigenvalue weighted by Crippen LogP contribution is -2.30. The van der Waals surface area contributed by atoms with Crippen molar-refractivity contribution in [3.05, 3.63) is 41.2 Å². The number of aryl methyl sites for hydroxylation is 1. The van der Waals surface area contributed by atoms with Crippen LogP contribution in [0.2, 0.25) is 0 Å². The van der Waals surface area contributed by atoms with Crippen LogP contribution in [0, 0.1) is 19.8 Å². The van der Waals surface area contributed by atoms with Crippen LogP contribution < -0.4 is 15.2 Å². The Kier molecular flexibility index (Phi) is 4.36. The highest BCUT2D eigenvalue weighted by Gasteiger charge is 2.28. The minimum Gasteiger partial charge on any atom is -0.486 e. The Morgan fingerprint density at radius 3 is 2.69 bits per heavy atom. The number of hydrogen-bond acceptors (Lipinski definition) is 4. The molecule has 138 valence electrons. The van der Waals surface area contributed by atoms with Crippen molar-refractivity contribution in [3.8, 4) is 17.2 Å². The third kappa shape index (κ3) is 2.84. The maximum atomic E-state index is 13.0. The van der Waals surface area contributed by atoms with Crippen molar-refractivity contribution in [2.24, 2.45) is 11.7 Å². The van der Waals surface area contributed by atoms with E-state index >= 15 is 0 Å². The number of aromatic nitrogens is 1. The molecular weight excluding hydrogens is 330 g/mol. The van der Waals surface area contributed by atoms with Crippen molar-refractivity contribution < 1.29 is 14.3 Å². The quantitative estimate of drug-likeness (QED) is 0.917. The van der Waals surface area contributed by atoms with Crippen LogP contribution in [-0.2, 0) is 0 Å². The first-order valence-corrected chi connectivity index (χ1v) is 9.16. The van der Waals surface area contributed by atoms with Crippen LogP contribution in [0.25, 0.3) is 5.69 Å². The number of carbonyl (C=O) groups is 1. The van der Waals surface area contributed by atoms with E-state index in [2.05, 4.69) is 4.57 Å². The van der Waals surface area contributed by atoms with Crippen LogP contribution in [0.1, 0.15) is 28.2 Å². The van der Waals surface area contributed by atoms with Gasteiger partial charge < -0.3 is 24.7 Å². The molecule has 6 heteroatoms. The molecule has 2 aromatic rings. The Balaban J connectivity index is 1.66. The first-order chi connectivity index (χ1) is 12.6. The van der Waals surface area contributed by atoms with Gasteiger partial charge in [-0.15, -0.1) is 0 Å². The molecule has 2 aliphatic heterocycles. The molecule has 2 aliphatic rings. The molecule has 6 nitrogen and oxygen atoms in total. The number of benzene rings is 1. The van der Waals surface area contributed by atoms with Gasteiger partial charge in [-0.2, -0.15) is 0 Å². The Labute approximate surface area is 153 Å². The van der Waals surface area contributed by atoms with E-state index in [1.165, 1.54) is 0 Å². The molecule has 26 heavy (non-hydrogen) atoms. The fourth-order valence-electron chi connectivity index (χ4n) is 3.93. The van der Waals surface area contributed by atoms with E-state index in [1.54, 1.807) is 0 Å². The third-order valence-corrected chi connectivity index (χ3v) is 5.35. The number of fused-ring (bicyclic) bond motifs is 1. The second-order valence-electron chi connectivity index (χ2n) is 7.09. The van der Waals surface area contributed by atoms with E-state index in [4.69, 9.17) is 15.2 Å². The molecule has 1 amide bonds. The standard InChI is InChI=1S/C20H25N3O3/c1-13-9-17(20(24)22-6-5-15(11-21)12-22)14(2)23(13)16-3-4-18-19(10-16)26-8-7-25-18/h3-4,9-10,15H,5-8,11-12,21H2,1-2H3/t15-/m1/s1. The molecule has 1 fully saturated rings. The van der Waals surface area contributed by atoms with Crippen molar-refractivity contribution in [1.82, 2.24) is 9.47 Å². The summed E-state index contributed by atoms with van der Waals surface area (Å²) in [5, 5.41) is 0. The third-order valence-electron chi connectivity index (χ3n) is 5.35. The van der Waals surface area contributed by atoms with Crippen molar-refractivity contribution in [1.29, 1.82) is 0 Å². The van der Waals surface area contributed by atoms with Gasteiger partial charge >= 0.3 is 0 Å². The number of nitrogens with zero attached hydrogens (tertiary/aromatic N) is 2. The van der Waals surface area contributed by atoms with Gasteiger partial charge in [-0.25, -0.2) is 0 Å². The molecule has 0 radical (unpaired) electrons. The lowest BCUT2D eigenvalue weighted by Gasteiger charge is -2.20. The Hall–Kier alpha value is -2.47. The van der Waals surface area contributed by atoms with E-state index in [0.29, 0.717) is 25.7 Å². The lowest BCUT2D eigenvalue weighted by atomic mass is 10.1. The predicted molar refractivity (Wildman–Crippen MR) is 99.3 cm³/mol. The average Bonchev–Trinajstić information content (AvgIpc) is 3.25. The minimum absolute atomic E-state index is 0.0952. The number of amides is 1. The maximum absolute atomic E-state index is 13.0. The van der Waals surface area contributed by atoms with Crippen molar-refractivity contribution in [2.75, 3.05) is 32.8 Å². The van der Waals surface area contributed by atoms with Crippen LogP contribution in [0.15, 0.2) is 24.3 Å². The lowest BCUT2D eigenvalue weighted by molar-refractivity contribution is 0.0787. The van der Waals surface area contributed by atoms with Crippen LogP contribution in [0.3, 0.4) is 0 Å². The molecule has 0 saturated carbocycles. The zero-order valence-electron chi connectivity index (χ0n) is 15.3. The van der Waals surface area contributed by atoms with Crippen molar-refractivity contribution in [3.63, 3.8) is 0 Å². The first kappa shape index (κ1) is 17.0. The van der Waals surface area contributed by atoms with Crippen LogP contribution in [0.5, 0.6) is 11.5 Å². The summed E-state index contributed by atoms with van der Waals surface area (Å²) in [6.07, 6.45) is 0.989. The average molecular weight is 355 g/mol. The monoisotopic (exact) mass is 355 g/mol. The minimum atomic E-state index is 0.0952. The molecule has 0 bridgehead atoms. The fraction of sp³-hybridized carbons (Fsp3) is 0.450. The Morgan fingerprint density at radius 2 is 1.96 bits per heavy atom. The largest absolute Gasteiger partial charge is 0.486 e. The number of hydrogen-bond donors (Lipinski definition) is 1. The van der Waals surface area contributed by atoms with Gasteiger partial charge in [0.2, 0.25) is 0 Å². The molecule has 4 rings (SSSR count). The molecule has 0 spiro atoms. The maximum Gasteiger partial charge on any atom is 0.255 e. The highest BCUT2D eigenvalue weighted by molar-refractivity contribution is 5.96. The number of carbonyl (C=O) groups excluding carboxylic acids is 1. The summed E-state index contributed by atoms with van der Waals surface area (Å²) < 4.78 is 13.4. The highest BCUT2D eigenvalue weighted by Crippen LogP contribution is 2.33. The first-order valence-electron chi connectivity index (χ1n) is 9.16. The van der Waals surface area contributed by atoms with E-state index in [0.717, 1.165) is 53.6 Å². The van der Waals surface area contributed by atoms with Gasteiger partial charge in [-0.05, 0) is 50.9 Å². The molecule has 3 heterocycles. The van der Waals surface area contributed by atoms with Crippen LogP contribution >= 0.6 is 0 Å². The summed E-state index contributed by atoms with van der Waals surface area (Å²) in [6.45, 7) is 7.32. The molecule has 1 aromatic carbocycles.